The van der Waals surface area contributed by atoms with Gasteiger partial charge in [-0.05, 0) is 31.0 Å². The lowest BCUT2D eigenvalue weighted by molar-refractivity contribution is -0.137. The average Bonchev–Trinajstić information content (AvgIpc) is 2.17. The average molecular weight is 228 g/mol. The van der Waals surface area contributed by atoms with Crippen molar-refractivity contribution in [1.82, 2.24) is 0 Å². The highest BCUT2D eigenvalue weighted by atomic mass is 35.5. The van der Waals surface area contributed by atoms with Crippen molar-refractivity contribution in [2.45, 2.75) is 19.8 Å². The van der Waals surface area contributed by atoms with Gasteiger partial charge in [-0.2, -0.15) is 0 Å². The summed E-state index contributed by atoms with van der Waals surface area (Å²) < 4.78 is 0. The zero-order chi connectivity index (χ0) is 11.3. The van der Waals surface area contributed by atoms with Crippen LogP contribution in [-0.2, 0) is 4.79 Å². The van der Waals surface area contributed by atoms with Gasteiger partial charge in [-0.25, -0.2) is 0 Å². The van der Waals surface area contributed by atoms with E-state index < -0.39 is 5.97 Å². The van der Waals surface area contributed by atoms with E-state index in [-0.39, 0.29) is 6.42 Å². The van der Waals surface area contributed by atoms with Crippen molar-refractivity contribution in [1.29, 1.82) is 0 Å². The Kier molecular flexibility index (Phi) is 4.43. The van der Waals surface area contributed by atoms with Crippen LogP contribution in [0.2, 0.25) is 5.02 Å². The third-order valence-corrected chi connectivity index (χ3v) is 2.32. The zero-order valence-electron chi connectivity index (χ0n) is 8.59. The molecule has 82 valence electrons. The molecule has 1 aromatic rings. The van der Waals surface area contributed by atoms with Crippen LogP contribution in [0.25, 0.3) is 0 Å². The van der Waals surface area contributed by atoms with Crippen LogP contribution in [0.4, 0.5) is 5.69 Å². The first kappa shape index (κ1) is 11.9. The van der Waals surface area contributed by atoms with Crippen molar-refractivity contribution in [3.05, 3.63) is 28.8 Å². The minimum absolute atomic E-state index is 0.187. The molecule has 0 heterocycles. The van der Waals surface area contributed by atoms with Crippen LogP contribution in [-0.4, -0.2) is 17.6 Å². The van der Waals surface area contributed by atoms with E-state index in [0.29, 0.717) is 18.0 Å². The van der Waals surface area contributed by atoms with Gasteiger partial charge in [-0.3, -0.25) is 4.79 Å². The molecule has 1 rings (SSSR count). The molecule has 0 amide bonds. The van der Waals surface area contributed by atoms with Crippen molar-refractivity contribution in [2.75, 3.05) is 11.9 Å². The van der Waals surface area contributed by atoms with E-state index >= 15 is 0 Å². The van der Waals surface area contributed by atoms with Gasteiger partial charge in [0.1, 0.15) is 0 Å². The number of aliphatic carboxylic acids is 1. The van der Waals surface area contributed by atoms with Crippen LogP contribution in [0.15, 0.2) is 18.2 Å². The molecule has 0 atom stereocenters. The summed E-state index contributed by atoms with van der Waals surface area (Å²) in [6.45, 7) is 2.63. The Hall–Kier alpha value is -1.22. The standard InChI is InChI=1S/C11H14ClNO2/c1-8-4-5-9(12)7-10(8)13-6-2-3-11(14)15/h4-5,7,13H,2-3,6H2,1H3,(H,14,15). The molecule has 0 saturated heterocycles. The van der Waals surface area contributed by atoms with Crippen LogP contribution in [0.1, 0.15) is 18.4 Å². The molecule has 4 heteroatoms. The van der Waals surface area contributed by atoms with Crippen molar-refractivity contribution in [3.8, 4) is 0 Å². The molecule has 0 spiro atoms. The highest BCUT2D eigenvalue weighted by Crippen LogP contribution is 2.19. The van der Waals surface area contributed by atoms with E-state index in [2.05, 4.69) is 5.32 Å². The van der Waals surface area contributed by atoms with Gasteiger partial charge in [0.15, 0.2) is 0 Å². The fraction of sp³-hybridized carbons (Fsp3) is 0.364. The second-order valence-electron chi connectivity index (χ2n) is 3.38. The predicted octanol–water partition coefficient (Wildman–Crippen LogP) is 2.93. The van der Waals surface area contributed by atoms with Gasteiger partial charge >= 0.3 is 5.97 Å². The number of hydrogen-bond acceptors (Lipinski definition) is 2. The number of rotatable bonds is 5. The number of aryl methyl sites for hydroxylation is 1. The third-order valence-electron chi connectivity index (χ3n) is 2.08. The molecule has 0 radical (unpaired) electrons. The number of benzene rings is 1. The fourth-order valence-electron chi connectivity index (χ4n) is 1.25. The Labute approximate surface area is 94.1 Å². The van der Waals surface area contributed by atoms with Gasteiger partial charge in [0.05, 0.1) is 0 Å². The molecule has 15 heavy (non-hydrogen) atoms. The van der Waals surface area contributed by atoms with E-state index in [1.165, 1.54) is 0 Å². The minimum atomic E-state index is -0.764. The minimum Gasteiger partial charge on any atom is -0.481 e. The Morgan fingerprint density at radius 3 is 2.93 bits per heavy atom. The third kappa shape index (κ3) is 4.21. The predicted molar refractivity (Wildman–Crippen MR) is 61.5 cm³/mol. The number of anilines is 1. The molecule has 0 bridgehead atoms. The Balaban J connectivity index is 2.43. The highest BCUT2D eigenvalue weighted by Gasteiger charge is 2.00. The summed E-state index contributed by atoms with van der Waals surface area (Å²) in [7, 11) is 0. The molecule has 0 aromatic heterocycles. The summed E-state index contributed by atoms with van der Waals surface area (Å²) in [4.78, 5) is 10.3. The monoisotopic (exact) mass is 227 g/mol. The molecule has 3 nitrogen and oxygen atoms in total. The first-order valence-electron chi connectivity index (χ1n) is 4.81. The Bertz CT molecular complexity index is 352. The maximum Gasteiger partial charge on any atom is 0.303 e. The molecule has 1 aromatic carbocycles. The molecule has 0 fully saturated rings. The van der Waals surface area contributed by atoms with Gasteiger partial charge in [-0.15, -0.1) is 0 Å². The number of carboxylic acids is 1. The lowest BCUT2D eigenvalue weighted by Gasteiger charge is -2.08. The van der Waals surface area contributed by atoms with Gasteiger partial charge in [-0.1, -0.05) is 17.7 Å². The number of carboxylic acid groups (broad SMARTS) is 1. The maximum atomic E-state index is 10.3. The van der Waals surface area contributed by atoms with E-state index in [9.17, 15) is 4.79 Å². The normalized spacial score (nSPS) is 10.0. The van der Waals surface area contributed by atoms with Gasteiger partial charge in [0.2, 0.25) is 0 Å². The van der Waals surface area contributed by atoms with Crippen molar-refractivity contribution >= 4 is 23.3 Å². The molecule has 0 aliphatic rings. The van der Waals surface area contributed by atoms with Gasteiger partial charge < -0.3 is 10.4 Å². The molecule has 0 saturated carbocycles. The Morgan fingerprint density at radius 1 is 1.53 bits per heavy atom. The number of hydrogen-bond donors (Lipinski definition) is 2. The van der Waals surface area contributed by atoms with Gasteiger partial charge in [0, 0.05) is 23.7 Å². The van der Waals surface area contributed by atoms with E-state index in [1.54, 1.807) is 0 Å². The van der Waals surface area contributed by atoms with E-state index in [0.717, 1.165) is 11.3 Å². The van der Waals surface area contributed by atoms with E-state index in [4.69, 9.17) is 16.7 Å². The molecule has 2 N–H and O–H groups in total. The molecular weight excluding hydrogens is 214 g/mol. The highest BCUT2D eigenvalue weighted by molar-refractivity contribution is 6.30. The van der Waals surface area contributed by atoms with Crippen molar-refractivity contribution in [2.24, 2.45) is 0 Å². The number of halogens is 1. The van der Waals surface area contributed by atoms with E-state index in [1.807, 2.05) is 25.1 Å². The zero-order valence-corrected chi connectivity index (χ0v) is 9.34. The lowest BCUT2D eigenvalue weighted by Crippen LogP contribution is -2.05. The summed E-state index contributed by atoms with van der Waals surface area (Å²) in [6, 6.07) is 5.61. The quantitative estimate of drug-likeness (QED) is 0.761. The molecular formula is C11H14ClNO2. The first-order chi connectivity index (χ1) is 7.09. The first-order valence-corrected chi connectivity index (χ1v) is 5.19. The molecule has 0 unspecified atom stereocenters. The van der Waals surface area contributed by atoms with Crippen LogP contribution in [0.5, 0.6) is 0 Å². The topological polar surface area (TPSA) is 49.3 Å². The Morgan fingerprint density at radius 2 is 2.27 bits per heavy atom. The molecule has 0 aliphatic heterocycles. The maximum absolute atomic E-state index is 10.3. The SMILES string of the molecule is Cc1ccc(Cl)cc1NCCCC(=O)O. The smallest absolute Gasteiger partial charge is 0.303 e. The van der Waals surface area contributed by atoms with Crippen LogP contribution in [0.3, 0.4) is 0 Å². The summed E-state index contributed by atoms with van der Waals surface area (Å²) in [6.07, 6.45) is 0.800. The number of carbonyl (C=O) groups is 1. The largest absolute Gasteiger partial charge is 0.481 e. The van der Waals surface area contributed by atoms with Gasteiger partial charge in [0.25, 0.3) is 0 Å². The summed E-state index contributed by atoms with van der Waals surface area (Å²) >= 11 is 5.85. The van der Waals surface area contributed by atoms with Crippen LogP contribution < -0.4 is 5.32 Å². The molecule has 0 aliphatic carbocycles. The number of nitrogens with one attached hydrogen (secondary N) is 1. The fourth-order valence-corrected chi connectivity index (χ4v) is 1.42. The summed E-state index contributed by atoms with van der Waals surface area (Å²) in [5.41, 5.74) is 2.07. The van der Waals surface area contributed by atoms with Crippen molar-refractivity contribution in [3.63, 3.8) is 0 Å². The second-order valence-corrected chi connectivity index (χ2v) is 3.82. The summed E-state index contributed by atoms with van der Waals surface area (Å²) in [5.74, 6) is -0.764. The second kappa shape index (κ2) is 5.61. The summed E-state index contributed by atoms with van der Waals surface area (Å²) in [5, 5.41) is 12.3. The van der Waals surface area contributed by atoms with Crippen molar-refractivity contribution < 1.29 is 9.90 Å². The van der Waals surface area contributed by atoms with Crippen LogP contribution in [0, 0.1) is 6.92 Å². The lowest BCUT2D eigenvalue weighted by atomic mass is 10.2. The van der Waals surface area contributed by atoms with Crippen LogP contribution >= 0.6 is 11.6 Å².